The lowest BCUT2D eigenvalue weighted by atomic mass is 9.89. The highest BCUT2D eigenvalue weighted by Crippen LogP contribution is 2.42. The number of amides is 2. The van der Waals surface area contributed by atoms with Crippen LogP contribution < -0.4 is 4.90 Å². The molecule has 264 valence electrons. The Balaban J connectivity index is 1.02. The number of fused-ring (bicyclic) bond motifs is 1. The molecule has 3 aliphatic heterocycles. The fraction of sp³-hybridized carbons (Fsp3) is 0.286. The highest BCUT2D eigenvalue weighted by atomic mass is 16.7. The third-order valence-corrected chi connectivity index (χ3v) is 10.4. The van der Waals surface area contributed by atoms with Crippen LogP contribution in [0.4, 0.5) is 5.95 Å². The van der Waals surface area contributed by atoms with Gasteiger partial charge in [-0.05, 0) is 58.1 Å². The molecule has 5 aromatic rings. The summed E-state index contributed by atoms with van der Waals surface area (Å²) in [7, 11) is 0. The summed E-state index contributed by atoms with van der Waals surface area (Å²) in [6, 6.07) is 32.9. The van der Waals surface area contributed by atoms with E-state index in [-0.39, 0.29) is 43.1 Å². The summed E-state index contributed by atoms with van der Waals surface area (Å²) in [4.78, 5) is 41.0. The predicted octanol–water partition coefficient (Wildman–Crippen LogP) is 6.05. The molecule has 8 rings (SSSR count). The molecule has 52 heavy (non-hydrogen) atoms. The van der Waals surface area contributed by atoms with Gasteiger partial charge in [0.25, 0.3) is 11.8 Å². The van der Waals surface area contributed by atoms with Crippen LogP contribution in [-0.2, 0) is 22.6 Å². The SMILES string of the molecule is CC1C(CN2CCN(c3ncccn3)CC2)OC(c2cccc(-c3cccc(CN4C(=O)c5ccccc5C4=O)c3)c2)OC1c1ccc(CO)cc1. The standard InChI is InChI=1S/C42H41N5O5/c1-28-37(26-45-19-21-46(22-20-45)42-43-17-6-18-44-42)51-41(52-38(28)31-15-13-29(27-48)14-16-31)34-10-5-9-33(24-34)32-8-4-7-30(23-32)25-47-39(49)35-11-2-3-12-36(35)40(47)50/h2-18,23-24,28,37-38,41,48H,19-22,25-27H2,1H3. The van der Waals surface area contributed by atoms with Crippen LogP contribution >= 0.6 is 0 Å². The van der Waals surface area contributed by atoms with Crippen molar-refractivity contribution in [3.8, 4) is 11.1 Å². The van der Waals surface area contributed by atoms with Gasteiger partial charge in [0.05, 0.1) is 36.5 Å². The second kappa shape index (κ2) is 14.8. The average molecular weight is 696 g/mol. The number of carbonyl (C=O) groups excluding carboxylic acids is 2. The highest BCUT2D eigenvalue weighted by molar-refractivity contribution is 6.21. The molecule has 0 bridgehead atoms. The van der Waals surface area contributed by atoms with Crippen molar-refractivity contribution in [1.82, 2.24) is 19.8 Å². The zero-order valence-corrected chi connectivity index (χ0v) is 29.0. The molecule has 10 heteroatoms. The molecular formula is C42H41N5O5. The van der Waals surface area contributed by atoms with Gasteiger partial charge in [-0.2, -0.15) is 0 Å². The first kappa shape index (κ1) is 33.9. The third kappa shape index (κ3) is 6.86. The van der Waals surface area contributed by atoms with Crippen molar-refractivity contribution in [2.45, 2.75) is 38.6 Å². The Morgan fingerprint density at radius 1 is 0.712 bits per heavy atom. The fourth-order valence-corrected chi connectivity index (χ4v) is 7.45. The molecule has 1 N–H and O–H groups in total. The van der Waals surface area contributed by atoms with Crippen LogP contribution in [0.25, 0.3) is 11.1 Å². The van der Waals surface area contributed by atoms with E-state index in [1.165, 1.54) is 4.90 Å². The van der Waals surface area contributed by atoms with E-state index in [0.29, 0.717) is 11.1 Å². The van der Waals surface area contributed by atoms with E-state index in [9.17, 15) is 14.7 Å². The van der Waals surface area contributed by atoms with E-state index in [2.05, 4.69) is 38.8 Å². The molecule has 4 heterocycles. The van der Waals surface area contributed by atoms with Crippen LogP contribution in [0.3, 0.4) is 0 Å². The summed E-state index contributed by atoms with van der Waals surface area (Å²) >= 11 is 0. The first-order chi connectivity index (χ1) is 25.4. The van der Waals surface area contributed by atoms with Gasteiger partial charge in [-0.1, -0.05) is 79.7 Å². The lowest BCUT2D eigenvalue weighted by Crippen LogP contribution is -2.51. The average Bonchev–Trinajstić information content (AvgIpc) is 3.44. The van der Waals surface area contributed by atoms with Crippen LogP contribution in [0.1, 0.15) is 62.3 Å². The number of imide groups is 1. The molecule has 10 nitrogen and oxygen atoms in total. The minimum absolute atomic E-state index is 0.0119. The second-order valence-corrected chi connectivity index (χ2v) is 13.7. The summed E-state index contributed by atoms with van der Waals surface area (Å²) in [5.74, 6) is 0.291. The molecule has 4 unspecified atom stereocenters. The van der Waals surface area contributed by atoms with Crippen molar-refractivity contribution >= 4 is 17.8 Å². The molecule has 4 aromatic carbocycles. The maximum atomic E-state index is 13.1. The van der Waals surface area contributed by atoms with Gasteiger partial charge in [0.2, 0.25) is 5.95 Å². The van der Waals surface area contributed by atoms with E-state index < -0.39 is 6.29 Å². The number of anilines is 1. The van der Waals surface area contributed by atoms with Crippen molar-refractivity contribution in [2.24, 2.45) is 5.92 Å². The minimum Gasteiger partial charge on any atom is -0.392 e. The van der Waals surface area contributed by atoms with Gasteiger partial charge < -0.3 is 19.5 Å². The quantitative estimate of drug-likeness (QED) is 0.185. The zero-order valence-electron chi connectivity index (χ0n) is 29.0. The van der Waals surface area contributed by atoms with Gasteiger partial charge in [0.1, 0.15) is 0 Å². The Kier molecular flexibility index (Phi) is 9.62. The van der Waals surface area contributed by atoms with Crippen LogP contribution in [-0.4, -0.2) is 75.5 Å². The Bertz CT molecular complexity index is 2020. The summed E-state index contributed by atoms with van der Waals surface area (Å²) in [6.07, 6.45) is 2.63. The van der Waals surface area contributed by atoms with Crippen LogP contribution in [0.2, 0.25) is 0 Å². The fourth-order valence-electron chi connectivity index (χ4n) is 7.45. The molecule has 2 fully saturated rings. The van der Waals surface area contributed by atoms with Crippen molar-refractivity contribution in [1.29, 1.82) is 0 Å². The number of aromatic nitrogens is 2. The smallest absolute Gasteiger partial charge is 0.261 e. The maximum Gasteiger partial charge on any atom is 0.261 e. The molecular weight excluding hydrogens is 654 g/mol. The lowest BCUT2D eigenvalue weighted by molar-refractivity contribution is -0.276. The van der Waals surface area contributed by atoms with Gasteiger partial charge in [-0.3, -0.25) is 19.4 Å². The minimum atomic E-state index is -0.607. The Morgan fingerprint density at radius 3 is 2.08 bits per heavy atom. The molecule has 2 amide bonds. The Labute approximate surface area is 303 Å². The number of benzene rings is 4. The van der Waals surface area contributed by atoms with E-state index in [1.807, 2.05) is 66.7 Å². The summed E-state index contributed by atoms with van der Waals surface area (Å²) in [5, 5.41) is 9.67. The van der Waals surface area contributed by atoms with E-state index in [0.717, 1.165) is 72.1 Å². The lowest BCUT2D eigenvalue weighted by Gasteiger charge is -2.44. The molecule has 4 atom stereocenters. The first-order valence-electron chi connectivity index (χ1n) is 17.8. The van der Waals surface area contributed by atoms with Gasteiger partial charge in [-0.25, -0.2) is 9.97 Å². The largest absolute Gasteiger partial charge is 0.392 e. The van der Waals surface area contributed by atoms with Crippen LogP contribution in [0.15, 0.2) is 116 Å². The predicted molar refractivity (Wildman–Crippen MR) is 196 cm³/mol. The molecule has 3 aliphatic rings. The highest BCUT2D eigenvalue weighted by Gasteiger charge is 2.40. The number of carbonyl (C=O) groups is 2. The van der Waals surface area contributed by atoms with E-state index in [1.54, 1.807) is 36.7 Å². The monoisotopic (exact) mass is 695 g/mol. The molecule has 0 spiro atoms. The van der Waals surface area contributed by atoms with Gasteiger partial charge in [0.15, 0.2) is 6.29 Å². The molecule has 1 aromatic heterocycles. The van der Waals surface area contributed by atoms with Crippen LogP contribution in [0.5, 0.6) is 0 Å². The summed E-state index contributed by atoms with van der Waals surface area (Å²) in [5.41, 5.74) is 6.51. The number of aliphatic hydroxyl groups is 1. The number of ether oxygens (including phenoxy) is 2. The van der Waals surface area contributed by atoms with Gasteiger partial charge >= 0.3 is 0 Å². The van der Waals surface area contributed by atoms with Gasteiger partial charge in [-0.15, -0.1) is 0 Å². The molecule has 0 saturated carbocycles. The van der Waals surface area contributed by atoms with E-state index in [4.69, 9.17) is 9.47 Å². The zero-order chi connectivity index (χ0) is 35.6. The summed E-state index contributed by atoms with van der Waals surface area (Å²) in [6.45, 7) is 6.55. The Morgan fingerprint density at radius 2 is 1.38 bits per heavy atom. The van der Waals surface area contributed by atoms with Crippen molar-refractivity contribution < 1.29 is 24.2 Å². The van der Waals surface area contributed by atoms with E-state index >= 15 is 0 Å². The number of hydrogen-bond donors (Lipinski definition) is 1. The second-order valence-electron chi connectivity index (χ2n) is 13.7. The molecule has 0 radical (unpaired) electrons. The molecule has 2 saturated heterocycles. The topological polar surface area (TPSA) is 108 Å². The number of nitrogens with zero attached hydrogens (tertiary/aromatic N) is 5. The summed E-state index contributed by atoms with van der Waals surface area (Å²) < 4.78 is 13.6. The normalized spacial score (nSPS) is 22.1. The van der Waals surface area contributed by atoms with Crippen LogP contribution in [0, 0.1) is 5.92 Å². The maximum absolute atomic E-state index is 13.1. The number of aliphatic hydroxyl groups excluding tert-OH is 1. The van der Waals surface area contributed by atoms with Crippen molar-refractivity contribution in [3.05, 3.63) is 149 Å². The molecule has 0 aliphatic carbocycles. The Hall–Kier alpha value is -5.26. The number of rotatable bonds is 9. The first-order valence-corrected chi connectivity index (χ1v) is 17.8. The van der Waals surface area contributed by atoms with Crippen molar-refractivity contribution in [3.63, 3.8) is 0 Å². The van der Waals surface area contributed by atoms with Crippen molar-refractivity contribution in [2.75, 3.05) is 37.6 Å². The third-order valence-electron chi connectivity index (χ3n) is 10.4. The number of hydrogen-bond acceptors (Lipinski definition) is 9. The van der Waals surface area contributed by atoms with Gasteiger partial charge in [0, 0.05) is 56.6 Å². The number of piperazine rings is 1.